The zero-order chi connectivity index (χ0) is 19.4. The molecule has 3 aromatic rings. The van der Waals surface area contributed by atoms with E-state index in [0.29, 0.717) is 11.4 Å². The smallest absolute Gasteiger partial charge is 0.295 e. The van der Waals surface area contributed by atoms with Crippen molar-refractivity contribution in [2.24, 2.45) is 7.05 Å². The fourth-order valence-electron chi connectivity index (χ4n) is 2.70. The van der Waals surface area contributed by atoms with E-state index in [1.54, 1.807) is 24.7 Å². The number of hydrogen-bond donors (Lipinski definition) is 2. The maximum Gasteiger partial charge on any atom is 0.295 e. The Balaban J connectivity index is 1.66. The molecule has 0 spiro atoms. The van der Waals surface area contributed by atoms with E-state index in [1.807, 2.05) is 30.3 Å². The second-order valence-corrected chi connectivity index (χ2v) is 5.97. The first-order valence-corrected chi connectivity index (χ1v) is 8.44. The maximum atomic E-state index is 12.7. The van der Waals surface area contributed by atoms with Crippen LogP contribution in [0.4, 0.5) is 5.69 Å². The number of amides is 2. The van der Waals surface area contributed by atoms with Crippen molar-refractivity contribution in [3.63, 3.8) is 0 Å². The SMILES string of the molecule is Cc1c(NC(=O)CCNC(=O)c2ccco2)c(=O)n(-c2ccccc2)n1C. The van der Waals surface area contributed by atoms with Crippen LogP contribution in [0.5, 0.6) is 0 Å². The molecule has 0 atom stereocenters. The van der Waals surface area contributed by atoms with Crippen LogP contribution in [0.1, 0.15) is 22.7 Å². The average molecular weight is 368 g/mol. The lowest BCUT2D eigenvalue weighted by Gasteiger charge is -2.07. The second kappa shape index (κ2) is 7.77. The summed E-state index contributed by atoms with van der Waals surface area (Å²) in [4.78, 5) is 36.7. The van der Waals surface area contributed by atoms with Gasteiger partial charge in [0.25, 0.3) is 11.5 Å². The number of nitrogens with one attached hydrogen (secondary N) is 2. The van der Waals surface area contributed by atoms with E-state index in [4.69, 9.17) is 4.42 Å². The first-order valence-electron chi connectivity index (χ1n) is 8.44. The fraction of sp³-hybridized carbons (Fsp3) is 0.211. The summed E-state index contributed by atoms with van der Waals surface area (Å²) in [6.07, 6.45) is 1.43. The number of benzene rings is 1. The topological polar surface area (TPSA) is 98.3 Å². The normalized spacial score (nSPS) is 10.6. The van der Waals surface area contributed by atoms with E-state index in [2.05, 4.69) is 10.6 Å². The second-order valence-electron chi connectivity index (χ2n) is 5.97. The summed E-state index contributed by atoms with van der Waals surface area (Å²) in [5.74, 6) is -0.573. The van der Waals surface area contributed by atoms with E-state index in [9.17, 15) is 14.4 Å². The summed E-state index contributed by atoms with van der Waals surface area (Å²) in [6.45, 7) is 1.89. The Bertz CT molecular complexity index is 1000. The summed E-state index contributed by atoms with van der Waals surface area (Å²) < 4.78 is 8.15. The van der Waals surface area contributed by atoms with Gasteiger partial charge in [-0.25, -0.2) is 4.68 Å². The molecule has 0 fully saturated rings. The number of carbonyl (C=O) groups excluding carboxylic acids is 2. The molecule has 2 amide bonds. The first-order chi connectivity index (χ1) is 13.0. The number of anilines is 1. The molecule has 0 saturated heterocycles. The quantitative estimate of drug-likeness (QED) is 0.694. The number of aromatic nitrogens is 2. The predicted molar refractivity (Wildman–Crippen MR) is 100 cm³/mol. The van der Waals surface area contributed by atoms with Gasteiger partial charge in [0.2, 0.25) is 5.91 Å². The van der Waals surface area contributed by atoms with Crippen LogP contribution in [0.3, 0.4) is 0 Å². The molecule has 1 aromatic carbocycles. The Labute approximate surface area is 155 Å². The third kappa shape index (κ3) is 3.84. The Morgan fingerprint density at radius 1 is 1.11 bits per heavy atom. The number of para-hydroxylation sites is 1. The van der Waals surface area contributed by atoms with E-state index in [1.165, 1.54) is 17.0 Å². The molecular weight excluding hydrogens is 348 g/mol. The minimum absolute atomic E-state index is 0.0333. The van der Waals surface area contributed by atoms with Crippen LogP contribution in [0.15, 0.2) is 57.9 Å². The predicted octanol–water partition coefficient (Wildman–Crippen LogP) is 1.84. The molecule has 2 aromatic heterocycles. The highest BCUT2D eigenvalue weighted by atomic mass is 16.3. The molecule has 8 heteroatoms. The van der Waals surface area contributed by atoms with Crippen LogP contribution in [0.25, 0.3) is 5.69 Å². The van der Waals surface area contributed by atoms with Gasteiger partial charge in [0.1, 0.15) is 5.69 Å². The molecule has 2 heterocycles. The van der Waals surface area contributed by atoms with Gasteiger partial charge >= 0.3 is 0 Å². The summed E-state index contributed by atoms with van der Waals surface area (Å²) in [5, 5.41) is 5.24. The van der Waals surface area contributed by atoms with Crippen molar-refractivity contribution >= 4 is 17.5 Å². The Hall–Kier alpha value is -3.55. The third-order valence-electron chi connectivity index (χ3n) is 4.20. The van der Waals surface area contributed by atoms with Gasteiger partial charge < -0.3 is 15.1 Å². The number of nitrogens with zero attached hydrogens (tertiary/aromatic N) is 2. The summed E-state index contributed by atoms with van der Waals surface area (Å²) >= 11 is 0. The van der Waals surface area contributed by atoms with Crippen LogP contribution < -0.4 is 16.2 Å². The molecule has 0 unspecified atom stereocenters. The zero-order valence-corrected chi connectivity index (χ0v) is 15.1. The van der Waals surface area contributed by atoms with Gasteiger partial charge in [-0.15, -0.1) is 0 Å². The van der Waals surface area contributed by atoms with Gasteiger partial charge in [0.15, 0.2) is 5.76 Å². The standard InChI is InChI=1S/C19H20N4O4/c1-13-17(19(26)23(22(13)2)14-7-4-3-5-8-14)21-16(24)10-11-20-18(25)15-9-6-12-27-15/h3-9,12H,10-11H2,1-2H3,(H,20,25)(H,21,24). The Morgan fingerprint density at radius 3 is 2.52 bits per heavy atom. The van der Waals surface area contributed by atoms with E-state index < -0.39 is 5.91 Å². The fourth-order valence-corrected chi connectivity index (χ4v) is 2.70. The molecule has 140 valence electrons. The molecule has 8 nitrogen and oxygen atoms in total. The molecule has 0 bridgehead atoms. The minimum Gasteiger partial charge on any atom is -0.459 e. The van der Waals surface area contributed by atoms with E-state index >= 15 is 0 Å². The molecule has 0 aliphatic rings. The van der Waals surface area contributed by atoms with Crippen LogP contribution in [-0.4, -0.2) is 27.7 Å². The molecule has 0 radical (unpaired) electrons. The third-order valence-corrected chi connectivity index (χ3v) is 4.20. The maximum absolute atomic E-state index is 12.7. The lowest BCUT2D eigenvalue weighted by atomic mass is 10.3. The first kappa shape index (κ1) is 18.2. The number of hydrogen-bond acceptors (Lipinski definition) is 4. The van der Waals surface area contributed by atoms with Crippen molar-refractivity contribution in [1.82, 2.24) is 14.7 Å². The molecule has 0 aliphatic carbocycles. The van der Waals surface area contributed by atoms with Crippen molar-refractivity contribution in [3.8, 4) is 5.69 Å². The summed E-state index contributed by atoms with van der Waals surface area (Å²) in [7, 11) is 1.75. The van der Waals surface area contributed by atoms with Crippen LogP contribution >= 0.6 is 0 Å². The average Bonchev–Trinajstić information content (AvgIpc) is 3.27. The summed E-state index contributed by atoms with van der Waals surface area (Å²) in [5.41, 5.74) is 1.26. The highest BCUT2D eigenvalue weighted by Gasteiger charge is 2.18. The Morgan fingerprint density at radius 2 is 1.85 bits per heavy atom. The molecule has 3 rings (SSSR count). The van der Waals surface area contributed by atoms with Gasteiger partial charge in [-0.3, -0.25) is 19.1 Å². The van der Waals surface area contributed by atoms with Crippen LogP contribution in [-0.2, 0) is 11.8 Å². The van der Waals surface area contributed by atoms with Crippen molar-refractivity contribution in [2.75, 3.05) is 11.9 Å². The largest absolute Gasteiger partial charge is 0.459 e. The zero-order valence-electron chi connectivity index (χ0n) is 15.1. The Kier molecular flexibility index (Phi) is 5.25. The molecule has 0 aliphatic heterocycles. The van der Waals surface area contributed by atoms with Gasteiger partial charge in [-0.05, 0) is 31.2 Å². The number of carbonyl (C=O) groups is 2. The molecule has 2 N–H and O–H groups in total. The summed E-state index contributed by atoms with van der Waals surface area (Å²) in [6, 6.07) is 12.3. The van der Waals surface area contributed by atoms with Crippen LogP contribution in [0, 0.1) is 6.92 Å². The van der Waals surface area contributed by atoms with Gasteiger partial charge in [-0.2, -0.15) is 0 Å². The lowest BCUT2D eigenvalue weighted by Crippen LogP contribution is -2.28. The monoisotopic (exact) mass is 368 g/mol. The number of furan rings is 1. The van der Waals surface area contributed by atoms with Crippen molar-refractivity contribution in [1.29, 1.82) is 0 Å². The lowest BCUT2D eigenvalue weighted by molar-refractivity contribution is -0.116. The van der Waals surface area contributed by atoms with Gasteiger partial charge in [0, 0.05) is 20.0 Å². The van der Waals surface area contributed by atoms with Crippen LogP contribution in [0.2, 0.25) is 0 Å². The number of rotatable bonds is 6. The molecule has 0 saturated carbocycles. The minimum atomic E-state index is -0.393. The molecule has 27 heavy (non-hydrogen) atoms. The van der Waals surface area contributed by atoms with Crippen molar-refractivity contribution in [2.45, 2.75) is 13.3 Å². The van der Waals surface area contributed by atoms with Gasteiger partial charge in [-0.1, -0.05) is 18.2 Å². The highest BCUT2D eigenvalue weighted by molar-refractivity contribution is 5.93. The van der Waals surface area contributed by atoms with E-state index in [0.717, 1.165) is 0 Å². The van der Waals surface area contributed by atoms with Gasteiger partial charge in [0.05, 0.1) is 17.6 Å². The van der Waals surface area contributed by atoms with Crippen molar-refractivity contribution in [3.05, 3.63) is 70.5 Å². The highest BCUT2D eigenvalue weighted by Crippen LogP contribution is 2.14. The molecular formula is C19H20N4O4. The van der Waals surface area contributed by atoms with E-state index in [-0.39, 0.29) is 35.9 Å². The van der Waals surface area contributed by atoms with Crippen molar-refractivity contribution < 1.29 is 14.0 Å².